The Bertz CT molecular complexity index is 1870. The third-order valence-corrected chi connectivity index (χ3v) is 8.74. The topological polar surface area (TPSA) is 78.9 Å². The van der Waals surface area contributed by atoms with E-state index in [-0.39, 0.29) is 0 Å². The maximum absolute atomic E-state index is 10.6. The van der Waals surface area contributed by atoms with Crippen molar-refractivity contribution in [3.05, 3.63) is 122 Å². The van der Waals surface area contributed by atoms with E-state index in [2.05, 4.69) is 38.5 Å². The number of ether oxygens (including phenoxy) is 3. The van der Waals surface area contributed by atoms with Gasteiger partial charge in [-0.2, -0.15) is 0 Å². The average molecular weight is 763 g/mol. The summed E-state index contributed by atoms with van der Waals surface area (Å²) in [5, 5.41) is 6.36. The monoisotopic (exact) mass is 762 g/mol. The van der Waals surface area contributed by atoms with Crippen LogP contribution in [-0.2, 0) is 0 Å². The van der Waals surface area contributed by atoms with Gasteiger partial charge in [-0.3, -0.25) is 14.4 Å². The van der Waals surface area contributed by atoms with E-state index in [0.717, 1.165) is 76.5 Å². The minimum Gasteiger partial charge on any atom is -0.497 e. The number of hydrogen-bond donors (Lipinski definition) is 0. The number of halogens is 2. The Kier molecular flexibility index (Phi) is 11.5. The van der Waals surface area contributed by atoms with Crippen molar-refractivity contribution in [2.45, 2.75) is 0 Å². The summed E-state index contributed by atoms with van der Waals surface area (Å²) in [5.41, 5.74) is 2.07. The normalized spacial score (nSPS) is 10.2. The summed E-state index contributed by atoms with van der Waals surface area (Å²) in [6, 6.07) is 30.2. The van der Waals surface area contributed by atoms with E-state index >= 15 is 0 Å². The van der Waals surface area contributed by atoms with Crippen LogP contribution in [0.25, 0.3) is 32.3 Å². The summed E-state index contributed by atoms with van der Waals surface area (Å²) < 4.78 is 17.5. The van der Waals surface area contributed by atoms with Crippen molar-refractivity contribution in [1.82, 2.24) is 0 Å². The lowest BCUT2D eigenvalue weighted by atomic mass is 10.1. The standard InChI is InChI=1S/C12H9BrO2.C12H9IO2.C12H10O2/c2*1-15-11-5-3-9-6-8(7-14)2-4-10(9)12(11)13;1-14-12-5-4-10-6-9(8-13)2-3-11(10)7-12/h2*2-7H,1H3;2-8H,1H3. The molecule has 6 aromatic rings. The van der Waals surface area contributed by atoms with E-state index < -0.39 is 0 Å². The predicted octanol–water partition coefficient (Wildman–Crippen LogP) is 9.35. The van der Waals surface area contributed by atoms with Gasteiger partial charge in [-0.25, -0.2) is 0 Å². The predicted molar refractivity (Wildman–Crippen MR) is 188 cm³/mol. The molecular formula is C36H28BrIO6. The van der Waals surface area contributed by atoms with Gasteiger partial charge in [0.05, 0.1) is 29.4 Å². The molecule has 0 saturated heterocycles. The Labute approximate surface area is 277 Å². The van der Waals surface area contributed by atoms with Gasteiger partial charge >= 0.3 is 0 Å². The van der Waals surface area contributed by atoms with E-state index in [1.165, 1.54) is 0 Å². The van der Waals surface area contributed by atoms with Crippen molar-refractivity contribution in [2.75, 3.05) is 21.3 Å². The van der Waals surface area contributed by atoms with Crippen LogP contribution in [0.15, 0.2) is 102 Å². The number of benzene rings is 6. The molecule has 8 heteroatoms. The van der Waals surface area contributed by atoms with Crippen molar-refractivity contribution in [1.29, 1.82) is 0 Å². The number of methoxy groups -OCH3 is 3. The summed E-state index contributed by atoms with van der Waals surface area (Å²) in [7, 11) is 4.93. The highest BCUT2D eigenvalue weighted by atomic mass is 127. The first-order valence-electron chi connectivity index (χ1n) is 13.3. The Morgan fingerprint density at radius 2 is 0.977 bits per heavy atom. The van der Waals surface area contributed by atoms with Gasteiger partial charge in [0.1, 0.15) is 36.1 Å². The molecule has 0 aliphatic rings. The second kappa shape index (κ2) is 15.4. The average Bonchev–Trinajstić information content (AvgIpc) is 3.08. The van der Waals surface area contributed by atoms with E-state index in [9.17, 15) is 14.4 Å². The molecule has 0 aliphatic heterocycles. The van der Waals surface area contributed by atoms with Crippen molar-refractivity contribution < 1.29 is 28.6 Å². The number of carbonyl (C=O) groups excluding carboxylic acids is 3. The van der Waals surface area contributed by atoms with Crippen molar-refractivity contribution in [2.24, 2.45) is 0 Å². The zero-order valence-corrected chi connectivity index (χ0v) is 27.9. The number of rotatable bonds is 6. The van der Waals surface area contributed by atoms with E-state index in [4.69, 9.17) is 14.2 Å². The molecule has 0 N–H and O–H groups in total. The third-order valence-electron chi connectivity index (χ3n) is 6.80. The second-order valence-electron chi connectivity index (χ2n) is 9.45. The number of fused-ring (bicyclic) bond motifs is 3. The molecule has 0 amide bonds. The van der Waals surface area contributed by atoms with Gasteiger partial charge in [0.15, 0.2) is 0 Å². The SMILES string of the molecule is COc1ccc2cc(C=O)ccc2c1.COc1ccc2cc(C=O)ccc2c1Br.COc1ccc2cc(C=O)ccc2c1I. The van der Waals surface area contributed by atoms with Crippen LogP contribution in [0.4, 0.5) is 0 Å². The Hall–Kier alpha value is -4.28. The minimum atomic E-state index is 0.680. The first-order valence-corrected chi connectivity index (χ1v) is 15.2. The van der Waals surface area contributed by atoms with Crippen LogP contribution in [-0.4, -0.2) is 40.2 Å². The Morgan fingerprint density at radius 1 is 0.523 bits per heavy atom. The number of hydrogen-bond acceptors (Lipinski definition) is 6. The fraction of sp³-hybridized carbons (Fsp3) is 0.0833. The maximum Gasteiger partial charge on any atom is 0.150 e. The summed E-state index contributed by atoms with van der Waals surface area (Å²) in [5.74, 6) is 2.49. The lowest BCUT2D eigenvalue weighted by Gasteiger charge is -2.06. The van der Waals surface area contributed by atoms with Gasteiger partial charge in [0.25, 0.3) is 0 Å². The fourth-order valence-electron chi connectivity index (χ4n) is 4.49. The molecular weight excluding hydrogens is 735 g/mol. The molecule has 0 radical (unpaired) electrons. The van der Waals surface area contributed by atoms with Crippen LogP contribution in [0, 0.1) is 3.57 Å². The molecule has 6 rings (SSSR count). The molecule has 0 fully saturated rings. The minimum absolute atomic E-state index is 0.680. The van der Waals surface area contributed by atoms with Crippen molar-refractivity contribution >= 4 is 89.7 Å². The van der Waals surface area contributed by atoms with Crippen LogP contribution in [0.5, 0.6) is 17.2 Å². The molecule has 44 heavy (non-hydrogen) atoms. The molecule has 0 bridgehead atoms. The number of aldehydes is 3. The quantitative estimate of drug-likeness (QED) is 0.124. The molecule has 222 valence electrons. The zero-order chi connectivity index (χ0) is 31.6. The van der Waals surface area contributed by atoms with E-state index in [0.29, 0.717) is 16.7 Å². The van der Waals surface area contributed by atoms with Crippen LogP contribution < -0.4 is 14.2 Å². The van der Waals surface area contributed by atoms with Crippen molar-refractivity contribution in [3.63, 3.8) is 0 Å². The molecule has 0 spiro atoms. The van der Waals surface area contributed by atoms with E-state index in [1.807, 2.05) is 84.9 Å². The van der Waals surface area contributed by atoms with Gasteiger partial charge < -0.3 is 14.2 Å². The first kappa shape index (κ1) is 32.6. The lowest BCUT2D eigenvalue weighted by Crippen LogP contribution is -1.89. The van der Waals surface area contributed by atoms with Gasteiger partial charge in [-0.05, 0) is 113 Å². The van der Waals surface area contributed by atoms with E-state index in [1.54, 1.807) is 33.5 Å². The number of carbonyl (C=O) groups is 3. The Balaban J connectivity index is 0.000000151. The molecule has 0 atom stereocenters. The molecule has 0 aliphatic carbocycles. The first-order chi connectivity index (χ1) is 21.3. The highest BCUT2D eigenvalue weighted by molar-refractivity contribution is 14.1. The van der Waals surface area contributed by atoms with Crippen LogP contribution in [0.1, 0.15) is 31.1 Å². The molecule has 6 aromatic carbocycles. The second-order valence-corrected chi connectivity index (χ2v) is 11.3. The third kappa shape index (κ3) is 7.62. The van der Waals surface area contributed by atoms with Crippen LogP contribution in [0.3, 0.4) is 0 Å². The zero-order valence-electron chi connectivity index (χ0n) is 24.2. The van der Waals surface area contributed by atoms with Gasteiger partial charge in [-0.15, -0.1) is 0 Å². The van der Waals surface area contributed by atoms with Crippen molar-refractivity contribution in [3.8, 4) is 17.2 Å². The van der Waals surface area contributed by atoms with Gasteiger partial charge in [0, 0.05) is 16.7 Å². The highest BCUT2D eigenvalue weighted by Crippen LogP contribution is 2.33. The summed E-state index contributed by atoms with van der Waals surface area (Å²) >= 11 is 5.72. The largest absolute Gasteiger partial charge is 0.497 e. The molecule has 0 aromatic heterocycles. The smallest absolute Gasteiger partial charge is 0.150 e. The van der Waals surface area contributed by atoms with Crippen LogP contribution in [0.2, 0.25) is 0 Å². The molecule has 6 nitrogen and oxygen atoms in total. The Morgan fingerprint density at radius 3 is 1.55 bits per heavy atom. The maximum atomic E-state index is 10.6. The highest BCUT2D eigenvalue weighted by Gasteiger charge is 2.06. The molecule has 0 heterocycles. The summed E-state index contributed by atoms with van der Waals surface area (Å²) in [4.78, 5) is 31.8. The summed E-state index contributed by atoms with van der Waals surface area (Å²) in [6.45, 7) is 0. The molecule has 0 saturated carbocycles. The molecule has 0 unspecified atom stereocenters. The van der Waals surface area contributed by atoms with Crippen LogP contribution >= 0.6 is 38.5 Å². The lowest BCUT2D eigenvalue weighted by molar-refractivity contribution is 0.111. The summed E-state index contributed by atoms with van der Waals surface area (Å²) in [6.07, 6.45) is 2.55. The fourth-order valence-corrected chi connectivity index (χ4v) is 6.03. The van der Waals surface area contributed by atoms with Gasteiger partial charge in [-0.1, -0.05) is 54.6 Å². The van der Waals surface area contributed by atoms with Gasteiger partial charge in [0.2, 0.25) is 0 Å².